The third-order valence-electron chi connectivity index (χ3n) is 7.04. The summed E-state index contributed by atoms with van der Waals surface area (Å²) in [6, 6.07) is 7.62. The molecule has 2 N–H and O–H groups in total. The third kappa shape index (κ3) is 3.18. The number of benzene rings is 1. The van der Waals surface area contributed by atoms with E-state index in [9.17, 15) is 4.79 Å². The second kappa shape index (κ2) is 7.10. The van der Waals surface area contributed by atoms with Crippen LogP contribution in [-0.2, 0) is 11.3 Å². The van der Waals surface area contributed by atoms with E-state index in [0.717, 1.165) is 23.1 Å². The van der Waals surface area contributed by atoms with Crippen LogP contribution in [-0.4, -0.2) is 32.4 Å². The molecule has 5 rings (SSSR count). The van der Waals surface area contributed by atoms with Gasteiger partial charge in [0, 0.05) is 20.2 Å². The van der Waals surface area contributed by atoms with E-state index in [1.165, 1.54) is 32.1 Å². The fourth-order valence-electron chi connectivity index (χ4n) is 5.88. The average Bonchev–Trinajstić information content (AvgIpc) is 2.66. The lowest BCUT2D eigenvalue weighted by molar-refractivity contribution is -0.186. The van der Waals surface area contributed by atoms with E-state index in [0.29, 0.717) is 24.9 Å². The molecule has 4 aliphatic rings. The number of methoxy groups -OCH3 is 2. The smallest absolute Gasteiger partial charge is 0.315 e. The van der Waals surface area contributed by atoms with Gasteiger partial charge in [0.25, 0.3) is 0 Å². The van der Waals surface area contributed by atoms with Crippen molar-refractivity contribution in [3.63, 3.8) is 0 Å². The summed E-state index contributed by atoms with van der Waals surface area (Å²) in [5.41, 5.74) is 0.891. The van der Waals surface area contributed by atoms with Crippen LogP contribution < -0.4 is 15.4 Å². The topological polar surface area (TPSA) is 59.6 Å². The predicted octanol–water partition coefficient (Wildman–Crippen LogP) is 3.34. The zero-order valence-corrected chi connectivity index (χ0v) is 15.8. The number of rotatable bonds is 6. The number of nitrogens with one attached hydrogen (secondary N) is 2. The van der Waals surface area contributed by atoms with Gasteiger partial charge >= 0.3 is 6.03 Å². The minimum Gasteiger partial charge on any atom is -0.497 e. The Morgan fingerprint density at radius 2 is 1.62 bits per heavy atom. The number of carbonyl (C=O) groups is 1. The van der Waals surface area contributed by atoms with E-state index in [4.69, 9.17) is 9.47 Å². The van der Waals surface area contributed by atoms with E-state index in [2.05, 4.69) is 10.6 Å². The van der Waals surface area contributed by atoms with Gasteiger partial charge in [0.2, 0.25) is 0 Å². The van der Waals surface area contributed by atoms with Gasteiger partial charge in [0.1, 0.15) is 5.75 Å². The summed E-state index contributed by atoms with van der Waals surface area (Å²) in [4.78, 5) is 12.3. The monoisotopic (exact) mass is 358 g/mol. The first-order valence-corrected chi connectivity index (χ1v) is 9.82. The van der Waals surface area contributed by atoms with Crippen LogP contribution in [0.5, 0.6) is 5.75 Å². The Morgan fingerprint density at radius 3 is 2.15 bits per heavy atom. The molecule has 4 bridgehead atoms. The van der Waals surface area contributed by atoms with Gasteiger partial charge in [-0.05, 0) is 73.5 Å². The quantitative estimate of drug-likeness (QED) is 0.820. The number of carbonyl (C=O) groups excluding carboxylic acids is 1. The van der Waals surface area contributed by atoms with Gasteiger partial charge in [-0.3, -0.25) is 0 Å². The van der Waals surface area contributed by atoms with Crippen LogP contribution >= 0.6 is 0 Å². The van der Waals surface area contributed by atoms with Gasteiger partial charge in [-0.1, -0.05) is 12.1 Å². The Morgan fingerprint density at radius 1 is 1.00 bits per heavy atom. The van der Waals surface area contributed by atoms with Gasteiger partial charge in [0.15, 0.2) is 0 Å². The molecule has 0 spiro atoms. The molecule has 1 aromatic rings. The van der Waals surface area contributed by atoms with Crippen molar-refractivity contribution in [2.75, 3.05) is 20.8 Å². The standard InChI is InChI=1S/C21H30N2O3/c1-25-19-5-3-14(4-6-19)12-22-20(24)23-13-21(26-2)17-8-15-7-16(10-17)11-18(21)9-15/h3-6,15-18H,7-13H2,1-2H3,(H2,22,23,24). The fourth-order valence-corrected chi connectivity index (χ4v) is 5.88. The molecule has 0 radical (unpaired) electrons. The van der Waals surface area contributed by atoms with E-state index in [1.807, 2.05) is 31.4 Å². The summed E-state index contributed by atoms with van der Waals surface area (Å²) in [7, 11) is 3.48. The molecule has 142 valence electrons. The molecule has 2 amide bonds. The molecule has 0 aliphatic heterocycles. The highest BCUT2D eigenvalue weighted by molar-refractivity contribution is 5.73. The number of amides is 2. The number of hydrogen-bond acceptors (Lipinski definition) is 3. The van der Waals surface area contributed by atoms with Gasteiger partial charge in [0.05, 0.1) is 12.7 Å². The highest BCUT2D eigenvalue weighted by Crippen LogP contribution is 2.59. The van der Waals surface area contributed by atoms with Crippen LogP contribution in [0.2, 0.25) is 0 Å². The first kappa shape index (κ1) is 17.7. The number of hydrogen-bond donors (Lipinski definition) is 2. The molecule has 0 atom stereocenters. The molecule has 0 saturated heterocycles. The van der Waals surface area contributed by atoms with Crippen molar-refractivity contribution in [3.8, 4) is 5.75 Å². The summed E-state index contributed by atoms with van der Waals surface area (Å²) in [5.74, 6) is 3.81. The molecule has 26 heavy (non-hydrogen) atoms. The van der Waals surface area contributed by atoms with Crippen LogP contribution in [0, 0.1) is 23.7 Å². The Bertz CT molecular complexity index is 615. The van der Waals surface area contributed by atoms with E-state index in [1.54, 1.807) is 7.11 Å². The van der Waals surface area contributed by atoms with Crippen molar-refractivity contribution in [1.82, 2.24) is 10.6 Å². The zero-order valence-electron chi connectivity index (χ0n) is 15.8. The van der Waals surface area contributed by atoms with Crippen molar-refractivity contribution in [3.05, 3.63) is 29.8 Å². The SMILES string of the molecule is COc1ccc(CNC(=O)NCC2(OC)C3CC4CC(C3)CC2C4)cc1. The van der Waals surface area contributed by atoms with Crippen molar-refractivity contribution >= 4 is 6.03 Å². The van der Waals surface area contributed by atoms with Crippen LogP contribution in [0.3, 0.4) is 0 Å². The van der Waals surface area contributed by atoms with Gasteiger partial charge in [-0.15, -0.1) is 0 Å². The predicted molar refractivity (Wildman–Crippen MR) is 100 cm³/mol. The van der Waals surface area contributed by atoms with E-state index < -0.39 is 0 Å². The summed E-state index contributed by atoms with van der Waals surface area (Å²) >= 11 is 0. The molecular weight excluding hydrogens is 328 g/mol. The second-order valence-electron chi connectivity index (χ2n) is 8.35. The van der Waals surface area contributed by atoms with Gasteiger partial charge in [-0.25, -0.2) is 4.79 Å². The fraction of sp³-hybridized carbons (Fsp3) is 0.667. The summed E-state index contributed by atoms with van der Waals surface area (Å²) in [5, 5.41) is 6.05. The lowest BCUT2D eigenvalue weighted by Crippen LogP contribution is -2.63. The Kier molecular flexibility index (Phi) is 4.82. The molecular formula is C21H30N2O3. The lowest BCUT2D eigenvalue weighted by Gasteiger charge is -2.60. The van der Waals surface area contributed by atoms with E-state index in [-0.39, 0.29) is 11.6 Å². The molecule has 0 unspecified atom stereocenters. The Labute approximate surface area is 155 Å². The normalized spacial score (nSPS) is 34.5. The molecule has 4 aliphatic carbocycles. The Hall–Kier alpha value is -1.75. The lowest BCUT2D eigenvalue weighted by atomic mass is 9.49. The molecule has 0 aromatic heterocycles. The van der Waals surface area contributed by atoms with Crippen molar-refractivity contribution in [2.45, 2.75) is 44.2 Å². The summed E-state index contributed by atoms with van der Waals surface area (Å²) < 4.78 is 11.3. The van der Waals surface area contributed by atoms with Crippen LogP contribution in [0.4, 0.5) is 4.79 Å². The van der Waals surface area contributed by atoms with E-state index >= 15 is 0 Å². The first-order valence-electron chi connectivity index (χ1n) is 9.82. The molecule has 5 heteroatoms. The number of urea groups is 1. The average molecular weight is 358 g/mol. The third-order valence-corrected chi connectivity index (χ3v) is 7.04. The molecule has 4 fully saturated rings. The highest BCUT2D eigenvalue weighted by atomic mass is 16.5. The largest absolute Gasteiger partial charge is 0.497 e. The maximum atomic E-state index is 12.3. The van der Waals surface area contributed by atoms with Crippen molar-refractivity contribution in [1.29, 1.82) is 0 Å². The molecule has 0 heterocycles. The minimum absolute atomic E-state index is 0.119. The zero-order chi connectivity index (χ0) is 18.1. The number of ether oxygens (including phenoxy) is 2. The van der Waals surface area contributed by atoms with Crippen molar-refractivity contribution < 1.29 is 14.3 Å². The minimum atomic E-state index is -0.162. The molecule has 5 nitrogen and oxygen atoms in total. The van der Waals surface area contributed by atoms with Crippen LogP contribution in [0.25, 0.3) is 0 Å². The van der Waals surface area contributed by atoms with Crippen molar-refractivity contribution in [2.24, 2.45) is 23.7 Å². The maximum absolute atomic E-state index is 12.3. The Balaban J connectivity index is 1.31. The maximum Gasteiger partial charge on any atom is 0.315 e. The summed E-state index contributed by atoms with van der Waals surface area (Å²) in [6.45, 7) is 1.12. The van der Waals surface area contributed by atoms with Crippen LogP contribution in [0.15, 0.2) is 24.3 Å². The van der Waals surface area contributed by atoms with Gasteiger partial charge in [-0.2, -0.15) is 0 Å². The molecule has 1 aromatic carbocycles. The highest BCUT2D eigenvalue weighted by Gasteiger charge is 2.57. The van der Waals surface area contributed by atoms with Crippen LogP contribution in [0.1, 0.15) is 37.7 Å². The second-order valence-corrected chi connectivity index (χ2v) is 8.35. The van der Waals surface area contributed by atoms with Gasteiger partial charge < -0.3 is 20.1 Å². The first-order chi connectivity index (χ1) is 12.6. The molecule has 4 saturated carbocycles. The summed E-state index contributed by atoms with van der Waals surface area (Å²) in [6.07, 6.45) is 6.51.